The maximum Gasteiger partial charge on any atom is 0.305 e. The number of rotatable bonds is 10. The van der Waals surface area contributed by atoms with Crippen LogP contribution in [0, 0.1) is 0 Å². The highest BCUT2D eigenvalue weighted by molar-refractivity contribution is 5.69. The lowest BCUT2D eigenvalue weighted by molar-refractivity contribution is -0.354. The first kappa shape index (κ1) is 35.4. The van der Waals surface area contributed by atoms with Gasteiger partial charge in [-0.15, -0.1) is 0 Å². The fraction of sp³-hybridized carbons (Fsp3) is 0.731. The Labute approximate surface area is 246 Å². The van der Waals surface area contributed by atoms with Gasteiger partial charge in [0, 0.05) is 48.5 Å². The molecule has 0 aromatic heterocycles. The van der Waals surface area contributed by atoms with Crippen molar-refractivity contribution in [3.63, 3.8) is 0 Å². The molecule has 17 nitrogen and oxygen atoms in total. The third-order valence-corrected chi connectivity index (χ3v) is 5.85. The molecule has 0 amide bonds. The van der Waals surface area contributed by atoms with E-state index in [1.54, 1.807) is 0 Å². The highest BCUT2D eigenvalue weighted by Gasteiger charge is 2.57. The van der Waals surface area contributed by atoms with Gasteiger partial charge in [-0.3, -0.25) is 33.6 Å². The molecule has 0 unspecified atom stereocenters. The fourth-order valence-electron chi connectivity index (χ4n) is 4.51. The minimum atomic E-state index is -1.65. The molecule has 0 N–H and O–H groups in total. The van der Waals surface area contributed by atoms with E-state index in [0.717, 1.165) is 48.5 Å². The quantitative estimate of drug-likeness (QED) is 0.225. The summed E-state index contributed by atoms with van der Waals surface area (Å²) in [6, 6.07) is 0. The van der Waals surface area contributed by atoms with Crippen molar-refractivity contribution in [1.29, 1.82) is 0 Å². The molecular weight excluding hydrogens is 584 g/mol. The van der Waals surface area contributed by atoms with Crippen molar-refractivity contribution in [2.24, 2.45) is 0 Å². The highest BCUT2D eigenvalue weighted by Crippen LogP contribution is 2.35. The van der Waals surface area contributed by atoms with E-state index in [-0.39, 0.29) is 0 Å². The lowest BCUT2D eigenvalue weighted by atomic mass is 9.96. The first-order valence-electron chi connectivity index (χ1n) is 13.1. The van der Waals surface area contributed by atoms with E-state index in [1.807, 2.05) is 0 Å². The highest BCUT2D eigenvalue weighted by atomic mass is 16.8. The molecule has 0 aliphatic carbocycles. The summed E-state index contributed by atoms with van der Waals surface area (Å²) in [6.07, 6.45) is -14.7. The molecule has 0 saturated carbocycles. The maximum absolute atomic E-state index is 12.2. The number of hydrogen-bond acceptors (Lipinski definition) is 17. The molecule has 0 aromatic carbocycles. The first-order valence-corrected chi connectivity index (χ1v) is 13.1. The van der Waals surface area contributed by atoms with Gasteiger partial charge in [-0.25, -0.2) is 0 Å². The monoisotopic (exact) mass is 620 g/mol. The second kappa shape index (κ2) is 15.6. The second-order valence-electron chi connectivity index (χ2n) is 9.64. The Balaban J connectivity index is 2.63. The number of carbonyl (C=O) groups excluding carboxylic acids is 7. The number of hydrogen-bond donors (Lipinski definition) is 0. The lowest BCUT2D eigenvalue weighted by Crippen LogP contribution is -2.66. The van der Waals surface area contributed by atoms with Crippen LogP contribution >= 0.6 is 0 Å². The first-order chi connectivity index (χ1) is 20.0. The van der Waals surface area contributed by atoms with Crippen LogP contribution < -0.4 is 0 Å². The largest absolute Gasteiger partial charge is 0.463 e. The minimum absolute atomic E-state index is 0.549. The molecule has 0 radical (unpaired) electrons. The predicted molar refractivity (Wildman–Crippen MR) is 134 cm³/mol. The Kier molecular flexibility index (Phi) is 12.8. The van der Waals surface area contributed by atoms with Gasteiger partial charge in [-0.05, 0) is 6.92 Å². The van der Waals surface area contributed by atoms with Gasteiger partial charge in [0.05, 0.1) is 6.10 Å². The summed E-state index contributed by atoms with van der Waals surface area (Å²) in [7, 11) is 0. The van der Waals surface area contributed by atoms with Crippen LogP contribution in [0.1, 0.15) is 55.4 Å². The van der Waals surface area contributed by atoms with Crippen molar-refractivity contribution in [3.8, 4) is 0 Å². The topological polar surface area (TPSA) is 212 Å². The van der Waals surface area contributed by atoms with Crippen molar-refractivity contribution in [2.45, 2.75) is 117 Å². The average molecular weight is 621 g/mol. The van der Waals surface area contributed by atoms with Crippen LogP contribution in [0.3, 0.4) is 0 Å². The summed E-state index contributed by atoms with van der Waals surface area (Å²) in [4.78, 5) is 83.7. The number of carbonyl (C=O) groups is 7. The zero-order valence-electron chi connectivity index (χ0n) is 24.9. The van der Waals surface area contributed by atoms with Crippen molar-refractivity contribution in [3.05, 3.63) is 0 Å². The second-order valence-corrected chi connectivity index (χ2v) is 9.64. The summed E-state index contributed by atoms with van der Waals surface area (Å²) in [5.74, 6) is -5.79. The Morgan fingerprint density at radius 1 is 0.465 bits per heavy atom. The van der Waals surface area contributed by atoms with E-state index in [1.165, 1.54) is 6.92 Å². The molecule has 242 valence electrons. The molecule has 2 rings (SSSR count). The molecule has 0 spiro atoms. The standard InChI is InChI=1S/C26H36O17/c1-10-19(36-12(3)28)21(37-13(4)29)23(39-15(6)31)25(35-10)43-20-18(9-34-11(2)27)42-26(41-17(8)33)24(40-16(7)32)22(20)38-14(5)30/h10,18-26H,9H2,1-8H3/t10-,18-,19-,20-,21+,22+,23-,24-,25+,26+/m1/s1. The molecule has 2 saturated heterocycles. The summed E-state index contributed by atoms with van der Waals surface area (Å²) < 4.78 is 54.9. The van der Waals surface area contributed by atoms with Gasteiger partial charge in [0.25, 0.3) is 0 Å². The van der Waals surface area contributed by atoms with Crippen LogP contribution in [0.4, 0.5) is 0 Å². The molecule has 0 bridgehead atoms. The van der Waals surface area contributed by atoms with Crippen LogP contribution in [0.15, 0.2) is 0 Å². The zero-order chi connectivity index (χ0) is 32.6. The molecule has 10 atom stereocenters. The number of ether oxygens (including phenoxy) is 10. The van der Waals surface area contributed by atoms with Gasteiger partial charge in [-0.2, -0.15) is 0 Å². The minimum Gasteiger partial charge on any atom is -0.463 e. The van der Waals surface area contributed by atoms with Gasteiger partial charge in [0.2, 0.25) is 12.4 Å². The Hall–Kier alpha value is -3.83. The van der Waals surface area contributed by atoms with Crippen molar-refractivity contribution in [1.82, 2.24) is 0 Å². The number of esters is 7. The van der Waals surface area contributed by atoms with Crippen molar-refractivity contribution < 1.29 is 80.9 Å². The molecule has 43 heavy (non-hydrogen) atoms. The Bertz CT molecular complexity index is 1070. The van der Waals surface area contributed by atoms with Gasteiger partial charge in [0.1, 0.15) is 18.8 Å². The van der Waals surface area contributed by atoms with Crippen molar-refractivity contribution >= 4 is 41.8 Å². The van der Waals surface area contributed by atoms with Crippen LogP contribution in [-0.2, 0) is 80.9 Å². The normalized spacial score (nSPS) is 31.9. The fourth-order valence-corrected chi connectivity index (χ4v) is 4.51. The van der Waals surface area contributed by atoms with Gasteiger partial charge in [0.15, 0.2) is 30.7 Å². The SMILES string of the molecule is CC(=O)OC[C@H]1O[C@H](OC(C)=O)[C@H](OC(C)=O)[C@@H](OC(C)=O)[C@@H]1O[C@@H]1O[C@H](C)[C@@H](OC(C)=O)[C@H](OC(C)=O)[C@H]1OC(C)=O. The van der Waals surface area contributed by atoms with Crippen LogP contribution in [0.2, 0.25) is 0 Å². The molecular formula is C26H36O17. The summed E-state index contributed by atoms with van der Waals surface area (Å²) in [5.41, 5.74) is 0. The summed E-state index contributed by atoms with van der Waals surface area (Å²) in [5, 5.41) is 0. The Morgan fingerprint density at radius 2 is 0.860 bits per heavy atom. The van der Waals surface area contributed by atoms with Gasteiger partial charge >= 0.3 is 41.8 Å². The average Bonchev–Trinajstić information content (AvgIpc) is 2.84. The molecule has 2 heterocycles. The van der Waals surface area contributed by atoms with Gasteiger partial charge < -0.3 is 47.4 Å². The third kappa shape index (κ3) is 10.4. The molecule has 2 fully saturated rings. The molecule has 0 aromatic rings. The van der Waals surface area contributed by atoms with Gasteiger partial charge in [-0.1, -0.05) is 0 Å². The Morgan fingerprint density at radius 3 is 1.30 bits per heavy atom. The van der Waals surface area contributed by atoms with E-state index in [2.05, 4.69) is 0 Å². The van der Waals surface area contributed by atoms with Crippen LogP contribution in [0.5, 0.6) is 0 Å². The van der Waals surface area contributed by atoms with E-state index < -0.39 is 110 Å². The predicted octanol–water partition coefficient (Wildman–Crippen LogP) is -0.374. The molecule has 2 aliphatic heterocycles. The maximum atomic E-state index is 12.2. The van der Waals surface area contributed by atoms with Crippen molar-refractivity contribution in [2.75, 3.05) is 6.61 Å². The summed E-state index contributed by atoms with van der Waals surface area (Å²) in [6.45, 7) is 8.38. The zero-order valence-corrected chi connectivity index (χ0v) is 24.9. The van der Waals surface area contributed by atoms with E-state index in [4.69, 9.17) is 47.4 Å². The molecule has 17 heteroatoms. The summed E-state index contributed by atoms with van der Waals surface area (Å²) >= 11 is 0. The van der Waals surface area contributed by atoms with Crippen LogP contribution in [-0.4, -0.2) is 110 Å². The molecule has 2 aliphatic rings. The third-order valence-electron chi connectivity index (χ3n) is 5.85. The van der Waals surface area contributed by atoms with Crippen LogP contribution in [0.25, 0.3) is 0 Å². The van der Waals surface area contributed by atoms with E-state index in [0.29, 0.717) is 0 Å². The lowest BCUT2D eigenvalue weighted by Gasteiger charge is -2.48. The van der Waals surface area contributed by atoms with E-state index in [9.17, 15) is 33.6 Å². The smallest absolute Gasteiger partial charge is 0.305 e. The van der Waals surface area contributed by atoms with E-state index >= 15 is 0 Å².